The number of hydrogen-bond donors (Lipinski definition) is 1. The van der Waals surface area contributed by atoms with Crippen molar-refractivity contribution in [1.82, 2.24) is 0 Å². The fourth-order valence-electron chi connectivity index (χ4n) is 5.71. The molecule has 0 heterocycles. The third-order valence-corrected chi connectivity index (χ3v) is 10.0. The highest BCUT2D eigenvalue weighted by molar-refractivity contribution is 7.47. The Morgan fingerprint density at radius 1 is 0.588 bits per heavy atom. The average Bonchev–Trinajstić information content (AvgIpc) is 3.07. The van der Waals surface area contributed by atoms with Gasteiger partial charge in [0.05, 0.1) is 27.7 Å². The lowest BCUT2D eigenvalue weighted by Crippen LogP contribution is -2.37. The topological polar surface area (TPSA) is 108 Å². The molecule has 51 heavy (non-hydrogen) atoms. The zero-order chi connectivity index (χ0) is 37.9. The molecule has 0 spiro atoms. The number of likely N-dealkylation sites (N-methyl/N-ethyl adjacent to an activating group) is 1. The molecule has 0 bridgehead atoms. The maximum absolute atomic E-state index is 12.6. The largest absolute Gasteiger partial charge is 0.472 e. The fraction of sp³-hybridized carbons (Fsp3) is 0.902. The van der Waals surface area contributed by atoms with Crippen molar-refractivity contribution in [3.05, 3.63) is 12.2 Å². The number of carbonyl (C=O) groups is 2. The zero-order valence-corrected chi connectivity index (χ0v) is 34.7. The molecule has 0 aromatic heterocycles. The molecule has 0 saturated carbocycles. The quantitative estimate of drug-likeness (QED) is 0.0219. The summed E-state index contributed by atoms with van der Waals surface area (Å²) in [6.07, 6.45) is 34.7. The van der Waals surface area contributed by atoms with Crippen LogP contribution in [0.3, 0.4) is 0 Å². The molecule has 2 atom stereocenters. The first-order valence-corrected chi connectivity index (χ1v) is 22.4. The van der Waals surface area contributed by atoms with Crippen molar-refractivity contribution in [3.63, 3.8) is 0 Å². The van der Waals surface area contributed by atoms with Crippen LogP contribution in [0.15, 0.2) is 12.2 Å². The van der Waals surface area contributed by atoms with E-state index in [1.165, 1.54) is 116 Å². The van der Waals surface area contributed by atoms with Gasteiger partial charge in [0, 0.05) is 12.8 Å². The number of nitrogens with zero attached hydrogens (tertiary/aromatic N) is 1. The molecule has 0 aliphatic heterocycles. The molecule has 9 nitrogen and oxygen atoms in total. The number of quaternary nitrogens is 1. The van der Waals surface area contributed by atoms with Crippen LogP contribution >= 0.6 is 7.82 Å². The minimum absolute atomic E-state index is 0.0338. The van der Waals surface area contributed by atoms with E-state index in [1.807, 2.05) is 21.1 Å². The van der Waals surface area contributed by atoms with Crippen LogP contribution in [0, 0.1) is 0 Å². The molecule has 1 N–H and O–H groups in total. The summed E-state index contributed by atoms with van der Waals surface area (Å²) in [5.41, 5.74) is 0. The van der Waals surface area contributed by atoms with E-state index in [-0.39, 0.29) is 32.0 Å². The van der Waals surface area contributed by atoms with Gasteiger partial charge in [0.25, 0.3) is 0 Å². The first-order valence-electron chi connectivity index (χ1n) is 20.9. The van der Waals surface area contributed by atoms with E-state index in [0.29, 0.717) is 17.4 Å². The van der Waals surface area contributed by atoms with Crippen molar-refractivity contribution in [2.75, 3.05) is 47.5 Å². The molecule has 302 valence electrons. The van der Waals surface area contributed by atoms with Crippen LogP contribution in [0.4, 0.5) is 0 Å². The molecule has 0 aromatic carbocycles. The van der Waals surface area contributed by atoms with E-state index in [0.717, 1.165) is 38.5 Å². The van der Waals surface area contributed by atoms with Crippen LogP contribution in [0.2, 0.25) is 0 Å². The van der Waals surface area contributed by atoms with Crippen molar-refractivity contribution in [3.8, 4) is 0 Å². The fourth-order valence-corrected chi connectivity index (χ4v) is 6.46. The average molecular weight is 747 g/mol. The van der Waals surface area contributed by atoms with E-state index in [4.69, 9.17) is 18.5 Å². The van der Waals surface area contributed by atoms with Gasteiger partial charge in [-0.2, -0.15) is 0 Å². The minimum Gasteiger partial charge on any atom is -0.462 e. The van der Waals surface area contributed by atoms with Gasteiger partial charge in [-0.25, -0.2) is 4.57 Å². The van der Waals surface area contributed by atoms with Gasteiger partial charge >= 0.3 is 19.8 Å². The maximum atomic E-state index is 12.6. The number of phosphoric acid groups is 1. The molecular formula is C41H81NO8P+. The number of rotatable bonds is 38. The third-order valence-electron chi connectivity index (χ3n) is 9.05. The Labute approximate surface area is 314 Å². The number of phosphoric ester groups is 1. The second kappa shape index (κ2) is 34.5. The molecule has 0 rings (SSSR count). The normalized spacial score (nSPS) is 13.8. The van der Waals surface area contributed by atoms with E-state index in [9.17, 15) is 19.0 Å². The maximum Gasteiger partial charge on any atom is 0.472 e. The van der Waals surface area contributed by atoms with Gasteiger partial charge in [-0.05, 0) is 38.5 Å². The summed E-state index contributed by atoms with van der Waals surface area (Å²) >= 11 is 0. The molecule has 0 saturated heterocycles. The van der Waals surface area contributed by atoms with Gasteiger partial charge in [0.15, 0.2) is 6.10 Å². The van der Waals surface area contributed by atoms with Gasteiger partial charge < -0.3 is 18.9 Å². The first kappa shape index (κ1) is 49.8. The molecule has 0 fully saturated rings. The summed E-state index contributed by atoms with van der Waals surface area (Å²) in [4.78, 5) is 34.8. The van der Waals surface area contributed by atoms with Crippen molar-refractivity contribution < 1.29 is 42.1 Å². The summed E-state index contributed by atoms with van der Waals surface area (Å²) in [6, 6.07) is 0. The number of unbranched alkanes of at least 4 members (excludes halogenated alkanes) is 22. The standard InChI is InChI=1S/C41H80NO8P/c1-6-8-10-12-13-14-15-16-17-18-19-20-21-22-23-24-25-26-27-28-29-30-32-34-41(44)50-39(37-47-40(43)33-31-11-9-7-2)38-49-51(45,46)48-36-35-42(3,4)5/h18-19,39H,6-17,20-38H2,1-5H3/p+1/b19-18-. The van der Waals surface area contributed by atoms with Crippen LogP contribution in [0.1, 0.15) is 187 Å². The SMILES string of the molecule is CCCCCCCCCC/C=C\CCCCCCCCCCCCCC(=O)OC(COC(=O)CCCCCC)COP(=O)(O)OCC[N+](C)(C)C. The van der Waals surface area contributed by atoms with Crippen molar-refractivity contribution in [1.29, 1.82) is 0 Å². The molecule has 0 aliphatic carbocycles. The Kier molecular flexibility index (Phi) is 33.7. The number of esters is 2. The highest BCUT2D eigenvalue weighted by atomic mass is 31.2. The highest BCUT2D eigenvalue weighted by Crippen LogP contribution is 2.43. The van der Waals surface area contributed by atoms with Crippen LogP contribution in [-0.4, -0.2) is 74.9 Å². The molecular weight excluding hydrogens is 665 g/mol. The Hall–Kier alpha value is -1.25. The second-order valence-corrected chi connectivity index (χ2v) is 16.8. The second-order valence-electron chi connectivity index (χ2n) is 15.4. The molecule has 0 radical (unpaired) electrons. The summed E-state index contributed by atoms with van der Waals surface area (Å²) in [7, 11) is 1.48. The van der Waals surface area contributed by atoms with Crippen LogP contribution < -0.4 is 0 Å². The summed E-state index contributed by atoms with van der Waals surface area (Å²) in [6.45, 7) is 4.30. The van der Waals surface area contributed by atoms with E-state index < -0.39 is 26.5 Å². The van der Waals surface area contributed by atoms with Gasteiger partial charge in [0.1, 0.15) is 19.8 Å². The first-order chi connectivity index (χ1) is 24.5. The smallest absolute Gasteiger partial charge is 0.462 e. The molecule has 10 heteroatoms. The van der Waals surface area contributed by atoms with Gasteiger partial charge in [-0.15, -0.1) is 0 Å². The zero-order valence-electron chi connectivity index (χ0n) is 33.9. The Balaban J connectivity index is 4.04. The molecule has 0 aliphatic rings. The Morgan fingerprint density at radius 2 is 1.00 bits per heavy atom. The van der Waals surface area contributed by atoms with Gasteiger partial charge in [0.2, 0.25) is 0 Å². The lowest BCUT2D eigenvalue weighted by Gasteiger charge is -2.24. The number of hydrogen-bond acceptors (Lipinski definition) is 7. The summed E-state index contributed by atoms with van der Waals surface area (Å²) in [5.74, 6) is -0.814. The monoisotopic (exact) mass is 747 g/mol. The Bertz CT molecular complexity index is 891. The lowest BCUT2D eigenvalue weighted by atomic mass is 10.0. The van der Waals surface area contributed by atoms with Crippen LogP contribution in [0.25, 0.3) is 0 Å². The van der Waals surface area contributed by atoms with E-state index >= 15 is 0 Å². The van der Waals surface area contributed by atoms with Crippen molar-refractivity contribution in [2.24, 2.45) is 0 Å². The lowest BCUT2D eigenvalue weighted by molar-refractivity contribution is -0.870. The number of ether oxygens (including phenoxy) is 2. The number of allylic oxidation sites excluding steroid dienone is 2. The van der Waals surface area contributed by atoms with E-state index in [2.05, 4.69) is 26.0 Å². The summed E-state index contributed by atoms with van der Waals surface area (Å²) < 4.78 is 33.9. The van der Waals surface area contributed by atoms with Crippen molar-refractivity contribution >= 4 is 19.8 Å². The molecule has 2 unspecified atom stereocenters. The highest BCUT2D eigenvalue weighted by Gasteiger charge is 2.27. The van der Waals surface area contributed by atoms with Gasteiger partial charge in [-0.3, -0.25) is 18.6 Å². The third kappa shape index (κ3) is 38.3. The minimum atomic E-state index is -4.35. The predicted molar refractivity (Wildman–Crippen MR) is 211 cm³/mol. The van der Waals surface area contributed by atoms with Gasteiger partial charge in [-0.1, -0.05) is 148 Å². The number of carbonyl (C=O) groups excluding carboxylic acids is 2. The van der Waals surface area contributed by atoms with Crippen molar-refractivity contribution in [2.45, 2.75) is 193 Å². The Morgan fingerprint density at radius 3 is 1.47 bits per heavy atom. The van der Waals surface area contributed by atoms with E-state index in [1.54, 1.807) is 0 Å². The van der Waals surface area contributed by atoms with Crippen LogP contribution in [0.5, 0.6) is 0 Å². The summed E-state index contributed by atoms with van der Waals surface area (Å²) in [5, 5.41) is 0. The van der Waals surface area contributed by atoms with Crippen LogP contribution in [-0.2, 0) is 32.7 Å². The molecule has 0 aromatic rings. The predicted octanol–water partition coefficient (Wildman–Crippen LogP) is 11.4. The molecule has 0 amide bonds.